The number of carboxylic acids is 1. The fraction of sp³-hybridized carbons (Fsp3) is 0.200. The molecule has 0 saturated heterocycles. The van der Waals surface area contributed by atoms with Crippen LogP contribution < -0.4 is 5.11 Å². The number of aliphatic hydroxyl groups excluding tert-OH is 2. The number of hydrogen-bond acceptors (Lipinski definition) is 5. The van der Waals surface area contributed by atoms with Gasteiger partial charge in [0.1, 0.15) is 5.82 Å². The number of aliphatic hydroxyl groups is 2. The number of pyridine rings is 1. The van der Waals surface area contributed by atoms with E-state index in [9.17, 15) is 24.5 Å². The van der Waals surface area contributed by atoms with Crippen LogP contribution in [0.15, 0.2) is 66.8 Å². The molecule has 0 spiro atoms. The summed E-state index contributed by atoms with van der Waals surface area (Å²) in [6.45, 7) is 0. The van der Waals surface area contributed by atoms with E-state index in [1.54, 1.807) is 18.2 Å². The van der Waals surface area contributed by atoms with Crippen molar-refractivity contribution in [1.82, 2.24) is 4.98 Å². The number of nitrogens with zero attached hydrogens (tertiary/aromatic N) is 1. The van der Waals surface area contributed by atoms with Gasteiger partial charge in [0.2, 0.25) is 0 Å². The summed E-state index contributed by atoms with van der Waals surface area (Å²) in [7, 11) is 0. The zero-order valence-corrected chi connectivity index (χ0v) is 16.6. The third-order valence-corrected chi connectivity index (χ3v) is 5.19. The number of aromatic nitrogens is 1. The minimum absolute atomic E-state index is 0.0734. The summed E-state index contributed by atoms with van der Waals surface area (Å²) in [5.74, 6) is -1.63. The van der Waals surface area contributed by atoms with Crippen LogP contribution in [-0.4, -0.2) is 33.4 Å². The number of benzene rings is 2. The number of carboxylic acid groups (broad SMARTS) is 1. The van der Waals surface area contributed by atoms with Gasteiger partial charge >= 0.3 is 0 Å². The number of hydrogen-bond donors (Lipinski definition) is 2. The first kappa shape index (κ1) is 20.9. The molecular formula is C25H21FNO4-. The zero-order chi connectivity index (χ0) is 22.0. The fourth-order valence-electron chi connectivity index (χ4n) is 3.67. The third kappa shape index (κ3) is 4.87. The van der Waals surface area contributed by atoms with Gasteiger partial charge in [-0.3, -0.25) is 4.98 Å². The molecule has 1 aromatic heterocycles. The number of rotatable bonds is 8. The minimum Gasteiger partial charge on any atom is -0.550 e. The molecule has 0 fully saturated rings. The summed E-state index contributed by atoms with van der Waals surface area (Å²) >= 11 is 0. The Labute approximate surface area is 178 Å². The van der Waals surface area contributed by atoms with Crippen LogP contribution in [0, 0.1) is 5.82 Å². The second-order valence-electron chi connectivity index (χ2n) is 7.61. The second kappa shape index (κ2) is 8.79. The summed E-state index contributed by atoms with van der Waals surface area (Å²) in [5.41, 5.74) is 4.10. The Morgan fingerprint density at radius 3 is 2.52 bits per heavy atom. The van der Waals surface area contributed by atoms with Crippen molar-refractivity contribution in [3.8, 4) is 11.1 Å². The van der Waals surface area contributed by atoms with Crippen molar-refractivity contribution < 1.29 is 24.5 Å². The Hall–Kier alpha value is -3.35. The van der Waals surface area contributed by atoms with Crippen molar-refractivity contribution >= 4 is 22.9 Å². The van der Waals surface area contributed by atoms with Crippen LogP contribution in [0.3, 0.4) is 0 Å². The molecule has 5 nitrogen and oxygen atoms in total. The lowest BCUT2D eigenvalue weighted by atomic mass is 9.92. The molecule has 1 aliphatic rings. The SMILES string of the molecule is O=C([O-])C[C@H](O)C[C@H](O)/C=C/c1c(C2C=C2)nc2ccccc2c1-c1ccc(F)cc1. The molecule has 0 amide bonds. The number of carbonyl (C=O) groups excluding carboxylic acids is 1. The Balaban J connectivity index is 1.79. The molecule has 4 rings (SSSR count). The van der Waals surface area contributed by atoms with E-state index in [-0.39, 0.29) is 18.2 Å². The molecule has 0 saturated carbocycles. The molecule has 0 radical (unpaired) electrons. The molecule has 0 unspecified atom stereocenters. The minimum atomic E-state index is -1.37. The second-order valence-corrected chi connectivity index (χ2v) is 7.61. The van der Waals surface area contributed by atoms with Crippen molar-refractivity contribution in [1.29, 1.82) is 0 Å². The molecule has 3 aromatic rings. The molecule has 2 aromatic carbocycles. The number of allylic oxidation sites excluding steroid dienone is 2. The van der Waals surface area contributed by atoms with Gasteiger partial charge < -0.3 is 20.1 Å². The summed E-state index contributed by atoms with van der Waals surface area (Å²) < 4.78 is 13.6. The molecule has 0 aliphatic heterocycles. The maximum Gasteiger partial charge on any atom is 0.123 e. The van der Waals surface area contributed by atoms with Crippen LogP contribution in [0.1, 0.15) is 30.0 Å². The van der Waals surface area contributed by atoms with Gasteiger partial charge in [-0.05, 0) is 23.8 Å². The van der Waals surface area contributed by atoms with Crippen LogP contribution >= 0.6 is 0 Å². The van der Waals surface area contributed by atoms with Crippen molar-refractivity contribution in [2.75, 3.05) is 0 Å². The lowest BCUT2D eigenvalue weighted by Crippen LogP contribution is -2.29. The van der Waals surface area contributed by atoms with Crippen LogP contribution in [-0.2, 0) is 4.79 Å². The zero-order valence-electron chi connectivity index (χ0n) is 16.6. The molecule has 0 bridgehead atoms. The Kier molecular flexibility index (Phi) is 5.93. The standard InChI is InChI=1S/C25H22FNO4/c26-17-9-7-15(8-10-17)24-20-3-1-2-4-22(20)27-25(16-5-6-16)21(24)12-11-18(28)13-19(29)14-23(30)31/h1-12,16,18-19,28-29H,13-14H2,(H,30,31)/p-1/b12-11+/t18-,19-/m1/s1. The maximum absolute atomic E-state index is 13.6. The molecule has 6 heteroatoms. The Morgan fingerprint density at radius 2 is 1.84 bits per heavy atom. The third-order valence-electron chi connectivity index (χ3n) is 5.19. The van der Waals surface area contributed by atoms with E-state index < -0.39 is 24.6 Å². The lowest BCUT2D eigenvalue weighted by molar-refractivity contribution is -0.307. The van der Waals surface area contributed by atoms with Gasteiger partial charge in [-0.25, -0.2) is 4.39 Å². The average molecular weight is 418 g/mol. The van der Waals surface area contributed by atoms with E-state index in [0.29, 0.717) is 0 Å². The lowest BCUT2D eigenvalue weighted by Gasteiger charge is -2.17. The van der Waals surface area contributed by atoms with Crippen LogP contribution in [0.4, 0.5) is 4.39 Å². The highest BCUT2D eigenvalue weighted by atomic mass is 19.1. The van der Waals surface area contributed by atoms with Gasteiger partial charge in [-0.1, -0.05) is 54.6 Å². The predicted molar refractivity (Wildman–Crippen MR) is 114 cm³/mol. The largest absolute Gasteiger partial charge is 0.550 e. The van der Waals surface area contributed by atoms with Gasteiger partial charge in [0.05, 0.1) is 23.4 Å². The Bertz CT molecular complexity index is 1160. The highest BCUT2D eigenvalue weighted by molar-refractivity contribution is 5.99. The first-order valence-electron chi connectivity index (χ1n) is 10.0. The van der Waals surface area contributed by atoms with E-state index in [1.807, 2.05) is 36.4 Å². The van der Waals surface area contributed by atoms with Gasteiger partial charge in [0.25, 0.3) is 0 Å². The number of halogens is 1. The molecular weight excluding hydrogens is 397 g/mol. The van der Waals surface area contributed by atoms with Crippen molar-refractivity contribution in [2.45, 2.75) is 31.0 Å². The van der Waals surface area contributed by atoms with Crippen molar-refractivity contribution in [3.05, 3.63) is 83.8 Å². The maximum atomic E-state index is 13.6. The highest BCUT2D eigenvalue weighted by Gasteiger charge is 2.23. The van der Waals surface area contributed by atoms with E-state index in [0.717, 1.165) is 33.3 Å². The fourth-order valence-corrected chi connectivity index (χ4v) is 3.67. The van der Waals surface area contributed by atoms with Gasteiger partial charge in [-0.15, -0.1) is 0 Å². The summed E-state index contributed by atoms with van der Waals surface area (Å²) in [4.78, 5) is 15.4. The molecule has 1 heterocycles. The first-order chi connectivity index (χ1) is 14.9. The highest BCUT2D eigenvalue weighted by Crippen LogP contribution is 2.40. The van der Waals surface area contributed by atoms with Gasteiger partial charge in [-0.2, -0.15) is 0 Å². The number of para-hydroxylation sites is 1. The van der Waals surface area contributed by atoms with Crippen LogP contribution in [0.5, 0.6) is 0 Å². The van der Waals surface area contributed by atoms with Crippen molar-refractivity contribution in [2.24, 2.45) is 0 Å². The summed E-state index contributed by atoms with van der Waals surface area (Å²) in [6, 6.07) is 13.9. The molecule has 1 aliphatic carbocycles. The normalized spacial score (nSPS) is 15.5. The monoisotopic (exact) mass is 418 g/mol. The van der Waals surface area contributed by atoms with E-state index in [4.69, 9.17) is 4.98 Å². The molecule has 158 valence electrons. The predicted octanol–water partition coefficient (Wildman–Crippen LogP) is 2.96. The van der Waals surface area contributed by atoms with Crippen LogP contribution in [0.25, 0.3) is 28.1 Å². The van der Waals surface area contributed by atoms with Crippen molar-refractivity contribution in [3.63, 3.8) is 0 Å². The van der Waals surface area contributed by atoms with E-state index >= 15 is 0 Å². The summed E-state index contributed by atoms with van der Waals surface area (Å²) in [5, 5.41) is 31.6. The number of aliphatic carboxylic acids is 1. The topological polar surface area (TPSA) is 93.5 Å². The Morgan fingerprint density at radius 1 is 1.13 bits per heavy atom. The first-order valence-corrected chi connectivity index (χ1v) is 10.0. The van der Waals surface area contributed by atoms with E-state index in [1.165, 1.54) is 18.2 Å². The summed E-state index contributed by atoms with van der Waals surface area (Å²) in [6.07, 6.45) is 4.36. The number of carbonyl (C=O) groups is 1. The quantitative estimate of drug-likeness (QED) is 0.549. The van der Waals surface area contributed by atoms with E-state index in [2.05, 4.69) is 0 Å². The van der Waals surface area contributed by atoms with Gasteiger partial charge in [0.15, 0.2) is 0 Å². The smallest absolute Gasteiger partial charge is 0.123 e. The molecule has 2 N–H and O–H groups in total. The van der Waals surface area contributed by atoms with Gasteiger partial charge in [0, 0.05) is 41.2 Å². The molecule has 31 heavy (non-hydrogen) atoms. The average Bonchev–Trinajstić information content (AvgIpc) is 3.56. The molecule has 2 atom stereocenters. The number of fused-ring (bicyclic) bond motifs is 1. The van der Waals surface area contributed by atoms with Crippen LogP contribution in [0.2, 0.25) is 0 Å².